The summed E-state index contributed by atoms with van der Waals surface area (Å²) in [6.07, 6.45) is 0. The largest absolute Gasteiger partial charge is 0.481 e. The van der Waals surface area contributed by atoms with Gasteiger partial charge in [-0.05, 0) is 0 Å². The van der Waals surface area contributed by atoms with E-state index >= 15 is 0 Å². The molecule has 3 N–H and O–H groups in total. The number of hydrogen-bond donors (Lipinski definition) is 3. The van der Waals surface area contributed by atoms with Crippen LogP contribution in [0, 0.1) is 0 Å². The van der Waals surface area contributed by atoms with Gasteiger partial charge >= 0.3 is 11.9 Å². The number of rotatable bonds is 7. The van der Waals surface area contributed by atoms with Gasteiger partial charge in [0, 0.05) is 5.75 Å². The van der Waals surface area contributed by atoms with Crippen molar-refractivity contribution in [3.63, 3.8) is 0 Å². The summed E-state index contributed by atoms with van der Waals surface area (Å²) in [5.41, 5.74) is 0. The molecule has 0 aliphatic rings. The lowest BCUT2D eigenvalue weighted by atomic mass is 10.3. The molecular weight excluding hydrogens is 229 g/mol. The molecule has 0 rings (SSSR count). The van der Waals surface area contributed by atoms with Crippen LogP contribution >= 0.6 is 11.8 Å². The van der Waals surface area contributed by atoms with Crippen molar-refractivity contribution < 1.29 is 29.0 Å². The molecule has 0 aliphatic carbocycles. The van der Waals surface area contributed by atoms with E-state index in [-0.39, 0.29) is 11.5 Å². The quantitative estimate of drug-likeness (QED) is 0.545. The van der Waals surface area contributed by atoms with Crippen molar-refractivity contribution in [3.05, 3.63) is 0 Å². The molecule has 1 amide bonds. The van der Waals surface area contributed by atoms with Crippen LogP contribution in [0.2, 0.25) is 0 Å². The molecule has 86 valence electrons. The highest BCUT2D eigenvalue weighted by Crippen LogP contribution is 2.03. The number of thioether (sulfide) groups is 1. The monoisotopic (exact) mass is 239 g/mol. The normalized spacial score (nSPS) is 11.8. The Labute approximate surface area is 88.8 Å². The first-order chi connectivity index (χ1) is 6.97. The van der Waals surface area contributed by atoms with E-state index in [1.807, 2.05) is 5.32 Å². The Kier molecular flexibility index (Phi) is 6.43. The van der Waals surface area contributed by atoms with Crippen molar-refractivity contribution in [1.82, 2.24) is 5.32 Å². The molecule has 0 radical (unpaired) electrons. The summed E-state index contributed by atoms with van der Waals surface area (Å²) in [4.78, 5) is 31.2. The highest BCUT2D eigenvalue weighted by molar-refractivity contribution is 8.00. The fraction of sp³-hybridized carbons (Fsp3) is 0.571. The molecule has 0 heterocycles. The smallest absolute Gasteiger partial charge is 0.327 e. The van der Waals surface area contributed by atoms with E-state index in [2.05, 4.69) is 0 Å². The minimum atomic E-state index is -1.32. The number of carbonyl (C=O) groups excluding carboxylic acids is 1. The van der Waals surface area contributed by atoms with Crippen molar-refractivity contribution >= 4 is 29.6 Å². The summed E-state index contributed by atoms with van der Waals surface area (Å²) in [6.45, 7) is -1.30. The zero-order chi connectivity index (χ0) is 11.8. The van der Waals surface area contributed by atoms with Gasteiger partial charge in [-0.15, -0.1) is 11.8 Å². The summed E-state index contributed by atoms with van der Waals surface area (Å²) in [7, 11) is 0. The Balaban J connectivity index is 4.00. The highest BCUT2D eigenvalue weighted by Gasteiger charge is 2.19. The lowest BCUT2D eigenvalue weighted by Crippen LogP contribution is -2.43. The van der Waals surface area contributed by atoms with Gasteiger partial charge in [-0.1, -0.05) is 0 Å². The van der Waals surface area contributed by atoms with Crippen LogP contribution in [-0.2, 0) is 14.4 Å². The van der Waals surface area contributed by atoms with Crippen molar-refractivity contribution in [2.75, 3.05) is 18.2 Å². The van der Waals surface area contributed by atoms with Gasteiger partial charge in [-0.2, -0.15) is 0 Å². The molecule has 6 nitrogen and oxygen atoms in total. The van der Waals surface area contributed by atoms with Gasteiger partial charge in [0.05, 0.1) is 5.75 Å². The standard InChI is InChI=1S/C7H10FNO5S/c8-1-5(10)9-4(7(13)14)2-15-3-6(11)12/h4H,1-3H2,(H,9,10)(H,11,12)(H,13,14)/t4-/m0/s1. The summed E-state index contributed by atoms with van der Waals surface area (Å²) >= 11 is 0.833. The number of halogens is 1. The van der Waals surface area contributed by atoms with Gasteiger partial charge in [0.15, 0.2) is 6.67 Å². The van der Waals surface area contributed by atoms with Crippen LogP contribution in [0.1, 0.15) is 0 Å². The number of hydrogen-bond acceptors (Lipinski definition) is 4. The Bertz CT molecular complexity index is 260. The SMILES string of the molecule is O=C(O)CSC[C@H](NC(=O)CF)C(=O)O. The Morgan fingerprint density at radius 2 is 1.93 bits per heavy atom. The van der Waals surface area contributed by atoms with E-state index in [0.29, 0.717) is 0 Å². The van der Waals surface area contributed by atoms with Crippen LogP contribution in [0.3, 0.4) is 0 Å². The Hall–Kier alpha value is -1.31. The van der Waals surface area contributed by atoms with Crippen molar-refractivity contribution in [2.45, 2.75) is 6.04 Å². The molecule has 0 aromatic carbocycles. The van der Waals surface area contributed by atoms with Crippen LogP contribution in [-0.4, -0.2) is 52.3 Å². The van der Waals surface area contributed by atoms with Gasteiger partial charge in [-0.3, -0.25) is 9.59 Å². The van der Waals surface area contributed by atoms with Crippen LogP contribution < -0.4 is 5.32 Å². The first-order valence-electron chi connectivity index (χ1n) is 3.85. The average molecular weight is 239 g/mol. The maximum atomic E-state index is 11.8. The molecule has 0 unspecified atom stereocenters. The molecule has 0 fully saturated rings. The van der Waals surface area contributed by atoms with Gasteiger partial charge in [0.1, 0.15) is 6.04 Å². The Morgan fingerprint density at radius 3 is 2.33 bits per heavy atom. The number of carbonyl (C=O) groups is 3. The molecule has 0 saturated heterocycles. The van der Waals surface area contributed by atoms with Crippen molar-refractivity contribution in [3.8, 4) is 0 Å². The first-order valence-corrected chi connectivity index (χ1v) is 5.00. The molecule has 0 aromatic rings. The Morgan fingerprint density at radius 1 is 1.33 bits per heavy atom. The molecule has 0 saturated carbocycles. The van der Waals surface area contributed by atoms with Gasteiger partial charge in [0.25, 0.3) is 5.91 Å². The fourth-order valence-electron chi connectivity index (χ4n) is 0.672. The van der Waals surface area contributed by atoms with Crippen LogP contribution in [0.5, 0.6) is 0 Å². The van der Waals surface area contributed by atoms with E-state index in [1.165, 1.54) is 0 Å². The summed E-state index contributed by atoms with van der Waals surface area (Å²) in [6, 6.07) is -1.27. The van der Waals surface area contributed by atoms with Gasteiger partial charge in [-0.25, -0.2) is 9.18 Å². The number of amides is 1. The van der Waals surface area contributed by atoms with E-state index in [0.717, 1.165) is 11.8 Å². The summed E-state index contributed by atoms with van der Waals surface area (Å²) < 4.78 is 11.8. The third-order valence-electron chi connectivity index (χ3n) is 1.26. The molecule has 1 atom stereocenters. The minimum Gasteiger partial charge on any atom is -0.481 e. The van der Waals surface area contributed by atoms with E-state index in [9.17, 15) is 18.8 Å². The number of carboxylic acids is 2. The second-order valence-corrected chi connectivity index (χ2v) is 3.53. The molecule has 0 bridgehead atoms. The summed E-state index contributed by atoms with van der Waals surface area (Å²) in [5.74, 6) is -3.82. The maximum Gasteiger partial charge on any atom is 0.327 e. The van der Waals surface area contributed by atoms with Crippen LogP contribution in [0.15, 0.2) is 0 Å². The van der Waals surface area contributed by atoms with Gasteiger partial charge < -0.3 is 15.5 Å². The zero-order valence-electron chi connectivity index (χ0n) is 7.60. The number of alkyl halides is 1. The van der Waals surface area contributed by atoms with Gasteiger partial charge in [0.2, 0.25) is 0 Å². The topological polar surface area (TPSA) is 104 Å². The minimum absolute atomic E-state index is 0.118. The first kappa shape index (κ1) is 13.7. The van der Waals surface area contributed by atoms with E-state index in [1.54, 1.807) is 0 Å². The third-order valence-corrected chi connectivity index (χ3v) is 2.28. The molecule has 0 aliphatic heterocycles. The second kappa shape index (κ2) is 7.04. The molecule has 0 spiro atoms. The van der Waals surface area contributed by atoms with Crippen molar-refractivity contribution in [2.24, 2.45) is 0 Å². The summed E-state index contributed by atoms with van der Waals surface area (Å²) in [5, 5.41) is 18.8. The molecule has 8 heteroatoms. The highest BCUT2D eigenvalue weighted by atomic mass is 32.2. The molecule has 15 heavy (non-hydrogen) atoms. The lowest BCUT2D eigenvalue weighted by molar-refractivity contribution is -0.141. The van der Waals surface area contributed by atoms with Crippen LogP contribution in [0.4, 0.5) is 4.39 Å². The third kappa shape index (κ3) is 6.72. The van der Waals surface area contributed by atoms with Crippen LogP contribution in [0.25, 0.3) is 0 Å². The lowest BCUT2D eigenvalue weighted by Gasteiger charge is -2.11. The number of nitrogens with one attached hydrogen (secondary N) is 1. The second-order valence-electron chi connectivity index (χ2n) is 2.50. The number of carboxylic acid groups (broad SMARTS) is 2. The molecule has 0 aromatic heterocycles. The maximum absolute atomic E-state index is 11.8. The number of aliphatic carboxylic acids is 2. The zero-order valence-corrected chi connectivity index (χ0v) is 8.42. The predicted molar refractivity (Wildman–Crippen MR) is 50.5 cm³/mol. The van der Waals surface area contributed by atoms with E-state index < -0.39 is 30.6 Å². The molecular formula is C7H10FNO5S. The predicted octanol–water partition coefficient (Wildman–Crippen LogP) is -0.657. The van der Waals surface area contributed by atoms with E-state index in [4.69, 9.17) is 10.2 Å². The average Bonchev–Trinajstić information content (AvgIpc) is 2.15. The van der Waals surface area contributed by atoms with Crippen molar-refractivity contribution in [1.29, 1.82) is 0 Å². The fourth-order valence-corrected chi connectivity index (χ4v) is 1.43.